The third kappa shape index (κ3) is 1.36. The lowest BCUT2D eigenvalue weighted by atomic mass is 10.6. The molecule has 0 saturated carbocycles. The molecule has 0 fully saturated rings. The van der Waals surface area contributed by atoms with E-state index >= 15 is 0 Å². The van der Waals surface area contributed by atoms with Crippen LogP contribution in [0.2, 0.25) is 0 Å². The summed E-state index contributed by atoms with van der Waals surface area (Å²) in [5.74, 6) is 0. The molecule has 5 heteroatoms. The van der Waals surface area contributed by atoms with Crippen molar-refractivity contribution in [3.63, 3.8) is 0 Å². The van der Waals surface area contributed by atoms with Gasteiger partial charge >= 0.3 is 0 Å². The fraction of sp³-hybridized carbons (Fsp3) is 0.250. The third-order valence-electron chi connectivity index (χ3n) is 0.845. The fourth-order valence-electron chi connectivity index (χ4n) is 0.477. The molecule has 0 aliphatic rings. The molecule has 50 valence electrons. The lowest BCUT2D eigenvalue weighted by Gasteiger charge is -1.82. The van der Waals surface area contributed by atoms with E-state index in [2.05, 4.69) is 9.97 Å². The molecule has 1 aromatic rings. The topological polar surface area (TPSA) is 66.0 Å². The van der Waals surface area contributed by atoms with Crippen LogP contribution in [0.25, 0.3) is 0 Å². The van der Waals surface area contributed by atoms with Gasteiger partial charge < -0.3 is 4.98 Å². The Kier molecular flexibility index (Phi) is 1.63. The minimum Gasteiger partial charge on any atom is -0.333 e. The number of H-pyrrole nitrogens is 1. The van der Waals surface area contributed by atoms with Gasteiger partial charge in [0, 0.05) is 11.9 Å². The lowest BCUT2D eigenvalue weighted by molar-refractivity contribution is 0.556. The van der Waals surface area contributed by atoms with E-state index in [1.165, 1.54) is 6.20 Å². The largest absolute Gasteiger partial charge is 0.333 e. The van der Waals surface area contributed by atoms with E-state index in [9.17, 15) is 4.21 Å². The second kappa shape index (κ2) is 2.28. The SMILES string of the molecule is Cc1cnc(S(=O)O)[nH]1. The molecule has 9 heavy (non-hydrogen) atoms. The van der Waals surface area contributed by atoms with E-state index in [-0.39, 0.29) is 5.16 Å². The Labute approximate surface area is 54.6 Å². The Bertz CT molecular complexity index is 232. The minimum absolute atomic E-state index is 0.104. The van der Waals surface area contributed by atoms with E-state index in [1.807, 2.05) is 0 Å². The summed E-state index contributed by atoms with van der Waals surface area (Å²) in [6.45, 7) is 1.77. The third-order valence-corrected chi connectivity index (χ3v) is 1.38. The summed E-state index contributed by atoms with van der Waals surface area (Å²) in [6, 6.07) is 0. The zero-order chi connectivity index (χ0) is 6.85. The van der Waals surface area contributed by atoms with Crippen LogP contribution in [0.1, 0.15) is 5.69 Å². The number of hydrogen-bond donors (Lipinski definition) is 2. The van der Waals surface area contributed by atoms with E-state index in [4.69, 9.17) is 4.55 Å². The van der Waals surface area contributed by atoms with Gasteiger partial charge in [-0.05, 0) is 6.92 Å². The quantitative estimate of drug-likeness (QED) is 0.560. The second-order valence-electron chi connectivity index (χ2n) is 1.62. The number of hydrogen-bond acceptors (Lipinski definition) is 2. The van der Waals surface area contributed by atoms with Crippen LogP contribution in [-0.2, 0) is 11.1 Å². The van der Waals surface area contributed by atoms with Crippen molar-refractivity contribution in [3.8, 4) is 0 Å². The molecule has 1 atom stereocenters. The average molecular weight is 146 g/mol. The van der Waals surface area contributed by atoms with E-state index in [0.717, 1.165) is 5.69 Å². The first-order valence-electron chi connectivity index (χ1n) is 2.32. The Hall–Kier alpha value is -0.680. The lowest BCUT2D eigenvalue weighted by Crippen LogP contribution is -1.89. The van der Waals surface area contributed by atoms with Crippen LogP contribution in [0, 0.1) is 6.92 Å². The van der Waals surface area contributed by atoms with Crippen molar-refractivity contribution in [1.82, 2.24) is 9.97 Å². The van der Waals surface area contributed by atoms with Crippen molar-refractivity contribution in [2.24, 2.45) is 0 Å². The molecule has 1 unspecified atom stereocenters. The molecule has 0 saturated heterocycles. The summed E-state index contributed by atoms with van der Waals surface area (Å²) in [7, 11) is 0. The fourth-order valence-corrected chi connectivity index (χ4v) is 0.869. The second-order valence-corrected chi connectivity index (χ2v) is 2.51. The Morgan fingerprint density at radius 2 is 2.56 bits per heavy atom. The number of aryl methyl sites for hydroxylation is 1. The van der Waals surface area contributed by atoms with Crippen molar-refractivity contribution in [1.29, 1.82) is 0 Å². The van der Waals surface area contributed by atoms with Gasteiger partial charge in [0.15, 0.2) is 0 Å². The van der Waals surface area contributed by atoms with Gasteiger partial charge in [-0.1, -0.05) is 0 Å². The molecule has 4 nitrogen and oxygen atoms in total. The van der Waals surface area contributed by atoms with Crippen LogP contribution < -0.4 is 0 Å². The van der Waals surface area contributed by atoms with Crippen molar-refractivity contribution >= 4 is 11.1 Å². The summed E-state index contributed by atoms with van der Waals surface area (Å²) in [5.41, 5.74) is 0.785. The first-order chi connectivity index (χ1) is 4.20. The summed E-state index contributed by atoms with van der Waals surface area (Å²) in [6.07, 6.45) is 1.50. The predicted molar refractivity (Wildman–Crippen MR) is 32.4 cm³/mol. The van der Waals surface area contributed by atoms with Gasteiger partial charge in [-0.2, -0.15) is 0 Å². The van der Waals surface area contributed by atoms with Crippen LogP contribution in [0.4, 0.5) is 0 Å². The molecule has 0 radical (unpaired) electrons. The van der Waals surface area contributed by atoms with Crippen LogP contribution in [0.3, 0.4) is 0 Å². The first-order valence-corrected chi connectivity index (χ1v) is 3.43. The molecular formula is C4H6N2O2S. The van der Waals surface area contributed by atoms with Crippen LogP contribution in [-0.4, -0.2) is 18.7 Å². The minimum atomic E-state index is -1.97. The number of imidazole rings is 1. The monoisotopic (exact) mass is 146 g/mol. The molecule has 2 N–H and O–H groups in total. The molecule has 0 bridgehead atoms. The number of aromatic amines is 1. The maximum absolute atomic E-state index is 10.2. The molecular weight excluding hydrogens is 140 g/mol. The van der Waals surface area contributed by atoms with Gasteiger partial charge in [-0.3, -0.25) is 4.55 Å². The maximum atomic E-state index is 10.2. The Morgan fingerprint density at radius 3 is 2.78 bits per heavy atom. The van der Waals surface area contributed by atoms with Crippen LogP contribution in [0.5, 0.6) is 0 Å². The summed E-state index contributed by atoms with van der Waals surface area (Å²) < 4.78 is 18.6. The number of nitrogens with one attached hydrogen (secondary N) is 1. The molecule has 0 aliphatic heterocycles. The standard InChI is InChI=1S/C4H6N2O2S/c1-3-2-5-4(6-3)9(7)8/h2H,1H3,(H,5,6)(H,7,8). The van der Waals surface area contributed by atoms with E-state index in [1.54, 1.807) is 6.92 Å². The summed E-state index contributed by atoms with van der Waals surface area (Å²) in [4.78, 5) is 6.22. The van der Waals surface area contributed by atoms with Crippen molar-refractivity contribution in [2.75, 3.05) is 0 Å². The Balaban J connectivity index is 2.98. The predicted octanol–water partition coefficient (Wildman–Crippen LogP) is 0.299. The molecule has 0 aromatic carbocycles. The van der Waals surface area contributed by atoms with Gasteiger partial charge in [-0.25, -0.2) is 9.19 Å². The molecule has 1 heterocycles. The highest BCUT2D eigenvalue weighted by molar-refractivity contribution is 7.79. The van der Waals surface area contributed by atoms with E-state index < -0.39 is 11.1 Å². The molecule has 0 spiro atoms. The van der Waals surface area contributed by atoms with Gasteiger partial charge in [0.1, 0.15) is 0 Å². The van der Waals surface area contributed by atoms with Crippen molar-refractivity contribution in [3.05, 3.63) is 11.9 Å². The van der Waals surface area contributed by atoms with Gasteiger partial charge in [-0.15, -0.1) is 0 Å². The molecule has 0 aliphatic carbocycles. The van der Waals surface area contributed by atoms with Gasteiger partial charge in [0.25, 0.3) is 0 Å². The van der Waals surface area contributed by atoms with Crippen LogP contribution >= 0.6 is 0 Å². The van der Waals surface area contributed by atoms with E-state index in [0.29, 0.717) is 0 Å². The smallest absolute Gasteiger partial charge is 0.224 e. The van der Waals surface area contributed by atoms with Crippen molar-refractivity contribution in [2.45, 2.75) is 12.1 Å². The number of nitrogens with zero attached hydrogens (tertiary/aromatic N) is 1. The summed E-state index contributed by atoms with van der Waals surface area (Å²) in [5, 5.41) is 0.104. The average Bonchev–Trinajstić information content (AvgIpc) is 2.14. The highest BCUT2D eigenvalue weighted by atomic mass is 32.2. The number of rotatable bonds is 1. The highest BCUT2D eigenvalue weighted by Gasteiger charge is 2.00. The zero-order valence-corrected chi connectivity index (χ0v) is 5.60. The molecule has 1 aromatic heterocycles. The highest BCUT2D eigenvalue weighted by Crippen LogP contribution is 1.97. The van der Waals surface area contributed by atoms with Crippen LogP contribution in [0.15, 0.2) is 11.4 Å². The molecule has 1 rings (SSSR count). The van der Waals surface area contributed by atoms with Crippen molar-refractivity contribution < 1.29 is 8.76 Å². The first kappa shape index (κ1) is 6.44. The summed E-state index contributed by atoms with van der Waals surface area (Å²) >= 11 is -1.97. The normalized spacial score (nSPS) is 13.6. The molecule has 0 amide bonds. The van der Waals surface area contributed by atoms with Gasteiger partial charge in [0.2, 0.25) is 16.2 Å². The maximum Gasteiger partial charge on any atom is 0.224 e. The Morgan fingerprint density at radius 1 is 1.89 bits per heavy atom. The van der Waals surface area contributed by atoms with Gasteiger partial charge in [0.05, 0.1) is 0 Å². The number of aromatic nitrogens is 2. The zero-order valence-electron chi connectivity index (χ0n) is 4.79.